The Bertz CT molecular complexity index is 9.65. The van der Waals surface area contributed by atoms with E-state index < -0.39 is 0 Å². The maximum Gasteiger partial charge on any atom is 1.00 e. The zero-order valence-electron chi connectivity index (χ0n) is 3.20. The summed E-state index contributed by atoms with van der Waals surface area (Å²) >= 11 is 0. The van der Waals surface area contributed by atoms with Crippen molar-refractivity contribution in [1.82, 2.24) is 0 Å². The van der Waals surface area contributed by atoms with Crippen LogP contribution in [0.5, 0.6) is 0 Å². The van der Waals surface area contributed by atoms with E-state index >= 15 is 0 Å². The Morgan fingerprint density at radius 3 is 0.429 bits per heavy atom. The fourth-order valence-electron chi connectivity index (χ4n) is 0. The van der Waals surface area contributed by atoms with Crippen LogP contribution in [0.4, 0.5) is 0 Å². The quantitative estimate of drug-likeness (QED) is 0.291. The first kappa shape index (κ1) is 117. The first-order valence-electron chi connectivity index (χ1n) is 0. The normalized spacial score (nSPS) is 0. The van der Waals surface area contributed by atoms with Crippen molar-refractivity contribution in [3.05, 3.63) is 0 Å². The van der Waals surface area contributed by atoms with E-state index in [0.717, 1.165) is 0 Å². The molecule has 0 unspecified atom stereocenters. The molecule has 7 heavy (non-hydrogen) atoms. The largest absolute Gasteiger partial charge is 2.00 e. The Morgan fingerprint density at radius 1 is 0.429 bits per heavy atom. The number of hydrogen-bond donors (Lipinski definition) is 0. The Kier molecular flexibility index (Phi) is 1350. The van der Waals surface area contributed by atoms with Gasteiger partial charge in [-0.15, -0.1) is 0 Å². The molecule has 4 nitrogen and oxygen atoms in total. The van der Waals surface area contributed by atoms with Gasteiger partial charge in [0.25, 0.3) is 0 Å². The molecule has 0 N–H and O–H groups in total. The second kappa shape index (κ2) is 80.8. The van der Waals surface area contributed by atoms with Gasteiger partial charge in [-0.1, -0.05) is 0 Å². The molecule has 0 spiro atoms. The molecule has 0 bridgehead atoms. The molecule has 0 radical (unpaired) electrons. The summed E-state index contributed by atoms with van der Waals surface area (Å²) in [5.74, 6) is 0. The molecule has 0 aliphatic heterocycles. The number of hydrogen-bond acceptors (Lipinski definition) is 0. The van der Waals surface area contributed by atoms with Crippen LogP contribution in [0.15, 0.2) is 0 Å². The predicted molar refractivity (Wildman–Crippen MR) is 14.3 cm³/mol. The second-order valence-electron chi connectivity index (χ2n) is 0. The third-order valence-electron chi connectivity index (χ3n) is 0. The van der Waals surface area contributed by atoms with E-state index in [2.05, 4.69) is 0 Å². The minimum atomic E-state index is 0. The minimum Gasteiger partial charge on any atom is -2.00 e. The molecule has 42 valence electrons. The molecule has 0 heterocycles. The van der Waals surface area contributed by atoms with Crippen LogP contribution < -0.4 is 0 Å². The van der Waals surface area contributed by atoms with Crippen LogP contribution in [0.2, 0.25) is 0 Å². The van der Waals surface area contributed by atoms with Crippen LogP contribution in [0.25, 0.3) is 0 Å². The van der Waals surface area contributed by atoms with Crippen molar-refractivity contribution in [3.63, 3.8) is 0 Å². The van der Waals surface area contributed by atoms with Gasteiger partial charge in [0.1, 0.15) is 0 Å². The molecule has 0 saturated heterocycles. The van der Waals surface area contributed by atoms with Gasteiger partial charge in [0.15, 0.2) is 0 Å². The molecule has 0 aromatic carbocycles. The van der Waals surface area contributed by atoms with Crippen molar-refractivity contribution in [3.8, 4) is 0 Å². The molecule has 0 fully saturated rings. The molecule has 0 atom stereocenters. The average Bonchev–Trinajstić information content (AvgIpc) is 0. The third-order valence-corrected chi connectivity index (χ3v) is 0. The van der Waals surface area contributed by atoms with Gasteiger partial charge in [-0.3, -0.25) is 0 Å². The maximum absolute atomic E-state index is 0. The van der Waals surface area contributed by atoms with Crippen LogP contribution in [-0.4, -0.2) is 54.6 Å². The topological polar surface area (TPSA) is 114 Å². The van der Waals surface area contributed by atoms with Crippen molar-refractivity contribution in [2.24, 2.45) is 0 Å². The van der Waals surface area contributed by atoms with Crippen molar-refractivity contribution < 1.29 is 43.0 Å². The van der Waals surface area contributed by atoms with E-state index in [-0.39, 0.29) is 97.6 Å². The zero-order chi connectivity index (χ0) is 0. The maximum atomic E-state index is 0. The summed E-state index contributed by atoms with van der Waals surface area (Å²) < 4.78 is 0. The Balaban J connectivity index is 0. The van der Waals surface area contributed by atoms with Gasteiger partial charge >= 0.3 is 54.6 Å². The van der Waals surface area contributed by atoms with Crippen molar-refractivity contribution in [2.75, 3.05) is 0 Å². The molecule has 0 rings (SSSR count). The summed E-state index contributed by atoms with van der Waals surface area (Å²) in [4.78, 5) is 0. The first-order chi connectivity index (χ1) is 0. The van der Waals surface area contributed by atoms with Gasteiger partial charge in [0.05, 0.1) is 0 Å². The Labute approximate surface area is 96.2 Å². The summed E-state index contributed by atoms with van der Waals surface area (Å²) in [7, 11) is 0. The van der Waals surface area contributed by atoms with Crippen LogP contribution >= 0.6 is 0 Å². The predicted octanol–water partition coefficient (Wildman–Crippen LogP) is -1.24. The van der Waals surface area contributed by atoms with E-state index in [4.69, 9.17) is 0 Å². The van der Waals surface area contributed by atoms with E-state index in [1.165, 1.54) is 0 Å². The van der Waals surface area contributed by atoms with Crippen molar-refractivity contribution in [2.45, 2.75) is 0 Å². The first-order valence-corrected chi connectivity index (χ1v) is 0. The average molecular weight is 657 g/mol. The monoisotopic (exact) mass is 658 g/mol. The SMILES string of the molecule is [O-2].[O-2].[O-2].[O-2].[Tl+].[Tl+].[W]. The van der Waals surface area contributed by atoms with Gasteiger partial charge < -0.3 is 21.9 Å². The van der Waals surface area contributed by atoms with E-state index in [1.807, 2.05) is 0 Å². The molecule has 0 aliphatic carbocycles. The molecular formula is O4Tl2W-6. The summed E-state index contributed by atoms with van der Waals surface area (Å²) in [5.41, 5.74) is 0. The summed E-state index contributed by atoms with van der Waals surface area (Å²) in [6.07, 6.45) is 0. The molecule has 7 heteroatoms. The summed E-state index contributed by atoms with van der Waals surface area (Å²) in [5, 5.41) is 0. The zero-order valence-corrected chi connectivity index (χ0v) is 15.1. The standard InChI is InChI=1S/4O.2Tl.W/q4*-2;2*+1;. The van der Waals surface area contributed by atoms with Gasteiger partial charge in [0, 0.05) is 21.1 Å². The van der Waals surface area contributed by atoms with Gasteiger partial charge in [-0.2, -0.15) is 0 Å². The van der Waals surface area contributed by atoms with Crippen LogP contribution in [0.3, 0.4) is 0 Å². The third kappa shape index (κ3) is 60.4. The molecule has 0 aromatic heterocycles. The van der Waals surface area contributed by atoms with Gasteiger partial charge in [-0.05, 0) is 0 Å². The summed E-state index contributed by atoms with van der Waals surface area (Å²) in [6.45, 7) is 0. The number of rotatable bonds is 0. The molecule has 0 aliphatic rings. The minimum absolute atomic E-state index is 0. The summed E-state index contributed by atoms with van der Waals surface area (Å²) in [6, 6.07) is 0. The van der Waals surface area contributed by atoms with E-state index in [0.29, 0.717) is 0 Å². The van der Waals surface area contributed by atoms with Gasteiger partial charge in [0.2, 0.25) is 0 Å². The van der Waals surface area contributed by atoms with Crippen LogP contribution in [0, 0.1) is 0 Å². The van der Waals surface area contributed by atoms with Crippen molar-refractivity contribution in [1.29, 1.82) is 0 Å². The van der Waals surface area contributed by atoms with E-state index in [9.17, 15) is 0 Å². The fraction of sp³-hybridized carbons (Fsp3) is 0. The molecule has 0 aromatic rings. The Hall–Kier alpha value is 2.37. The Morgan fingerprint density at radius 2 is 0.429 bits per heavy atom. The van der Waals surface area contributed by atoms with E-state index in [1.54, 1.807) is 0 Å². The fourth-order valence-corrected chi connectivity index (χ4v) is 0. The second-order valence-corrected chi connectivity index (χ2v) is 0. The molecular weight excluding hydrogens is 657 g/mol. The molecule has 0 saturated carbocycles. The van der Waals surface area contributed by atoms with Gasteiger partial charge in [-0.25, -0.2) is 0 Å². The van der Waals surface area contributed by atoms with Crippen LogP contribution in [0.1, 0.15) is 0 Å². The van der Waals surface area contributed by atoms with Crippen molar-refractivity contribution >= 4 is 54.6 Å². The molecule has 0 amide bonds. The smallest absolute Gasteiger partial charge is 1.00 e. The van der Waals surface area contributed by atoms with Crippen LogP contribution in [-0.2, 0) is 43.0 Å².